The number of benzene rings is 1. The Bertz CT molecular complexity index is 562. The van der Waals surface area contributed by atoms with E-state index in [1.165, 1.54) is 0 Å². The number of fused-ring (bicyclic) bond motifs is 1. The fourth-order valence-corrected chi connectivity index (χ4v) is 2.20. The third-order valence-corrected chi connectivity index (χ3v) is 3.21. The zero-order valence-electron chi connectivity index (χ0n) is 11.0. The third kappa shape index (κ3) is 2.98. The van der Waals surface area contributed by atoms with Gasteiger partial charge in [0.05, 0.1) is 6.61 Å². The number of amides is 2. The number of nitrogens with two attached hydrogens (primary N) is 1. The van der Waals surface area contributed by atoms with Gasteiger partial charge in [-0.15, -0.1) is 12.3 Å². The van der Waals surface area contributed by atoms with Gasteiger partial charge in [-0.3, -0.25) is 9.59 Å². The van der Waals surface area contributed by atoms with Crippen LogP contribution in [0.5, 0.6) is 0 Å². The first-order valence-electron chi connectivity index (χ1n) is 6.36. The number of carbonyl (C=O) groups excluding carboxylic acids is 2. The standard InChI is InChI=1S/C15H16N2O3/c1-2-5-12(14(16)18)17-15(19)13-11-7-4-3-6-10(11)8-9-20-13/h1,3-4,6-7,12-13H,5,8-9H2,(H2,16,18)(H,17,19)/t12-,13-/m0/s1. The molecule has 0 radical (unpaired) electrons. The number of rotatable bonds is 4. The molecule has 5 heteroatoms. The number of hydrogen-bond donors (Lipinski definition) is 2. The first-order valence-corrected chi connectivity index (χ1v) is 6.36. The topological polar surface area (TPSA) is 81.4 Å². The van der Waals surface area contributed by atoms with E-state index in [0.29, 0.717) is 6.61 Å². The van der Waals surface area contributed by atoms with E-state index in [-0.39, 0.29) is 6.42 Å². The summed E-state index contributed by atoms with van der Waals surface area (Å²) in [6.45, 7) is 0.464. The zero-order valence-corrected chi connectivity index (χ0v) is 11.0. The van der Waals surface area contributed by atoms with Crippen molar-refractivity contribution in [2.75, 3.05) is 6.61 Å². The van der Waals surface area contributed by atoms with Gasteiger partial charge in [-0.2, -0.15) is 0 Å². The molecule has 0 spiro atoms. The Morgan fingerprint density at radius 2 is 2.25 bits per heavy atom. The molecule has 5 nitrogen and oxygen atoms in total. The van der Waals surface area contributed by atoms with Gasteiger partial charge in [0, 0.05) is 6.42 Å². The first kappa shape index (κ1) is 14.1. The number of primary amides is 1. The fourth-order valence-electron chi connectivity index (χ4n) is 2.20. The van der Waals surface area contributed by atoms with Crippen LogP contribution in [0.3, 0.4) is 0 Å². The molecule has 1 aliphatic rings. The van der Waals surface area contributed by atoms with Crippen LogP contribution in [0.25, 0.3) is 0 Å². The second-order valence-corrected chi connectivity index (χ2v) is 4.57. The van der Waals surface area contributed by atoms with E-state index in [0.717, 1.165) is 17.5 Å². The molecule has 2 rings (SSSR count). The molecule has 0 aromatic heterocycles. The lowest BCUT2D eigenvalue weighted by Crippen LogP contribution is -2.46. The molecular weight excluding hydrogens is 256 g/mol. The molecule has 3 N–H and O–H groups in total. The smallest absolute Gasteiger partial charge is 0.254 e. The van der Waals surface area contributed by atoms with Crippen LogP contribution in [0.1, 0.15) is 23.7 Å². The average Bonchev–Trinajstić information content (AvgIpc) is 2.46. The van der Waals surface area contributed by atoms with Crippen molar-refractivity contribution in [1.29, 1.82) is 0 Å². The Hall–Kier alpha value is -2.32. The summed E-state index contributed by atoms with van der Waals surface area (Å²) in [5.41, 5.74) is 7.10. The Morgan fingerprint density at radius 1 is 1.50 bits per heavy atom. The summed E-state index contributed by atoms with van der Waals surface area (Å²) in [5, 5.41) is 2.55. The molecule has 20 heavy (non-hydrogen) atoms. The second kappa shape index (κ2) is 6.22. The van der Waals surface area contributed by atoms with Crippen LogP contribution in [0.2, 0.25) is 0 Å². The van der Waals surface area contributed by atoms with Gasteiger partial charge in [0.1, 0.15) is 6.04 Å². The summed E-state index contributed by atoms with van der Waals surface area (Å²) in [5.74, 6) is 1.28. The summed E-state index contributed by atoms with van der Waals surface area (Å²) in [7, 11) is 0. The minimum absolute atomic E-state index is 0.0649. The van der Waals surface area contributed by atoms with Crippen LogP contribution >= 0.6 is 0 Å². The van der Waals surface area contributed by atoms with Gasteiger partial charge in [0.25, 0.3) is 5.91 Å². The van der Waals surface area contributed by atoms with Crippen molar-refractivity contribution in [3.8, 4) is 12.3 Å². The molecule has 0 fully saturated rings. The minimum atomic E-state index is -0.870. The van der Waals surface area contributed by atoms with E-state index in [1.807, 2.05) is 24.3 Å². The normalized spacial score (nSPS) is 18.4. The maximum absolute atomic E-state index is 12.2. The second-order valence-electron chi connectivity index (χ2n) is 4.57. The predicted molar refractivity (Wildman–Crippen MR) is 73.4 cm³/mol. The SMILES string of the molecule is C#CC[C@H](NC(=O)[C@H]1OCCc2ccccc21)C(N)=O. The van der Waals surface area contributed by atoms with Gasteiger partial charge in [-0.05, 0) is 17.5 Å². The molecule has 0 saturated carbocycles. The minimum Gasteiger partial charge on any atom is -0.368 e. The maximum atomic E-state index is 12.2. The molecule has 1 aromatic carbocycles. The molecule has 2 atom stereocenters. The van der Waals surface area contributed by atoms with E-state index in [1.54, 1.807) is 0 Å². The Kier molecular flexibility index (Phi) is 4.38. The van der Waals surface area contributed by atoms with Gasteiger partial charge >= 0.3 is 0 Å². The van der Waals surface area contributed by atoms with Crippen LogP contribution in [0.4, 0.5) is 0 Å². The van der Waals surface area contributed by atoms with Gasteiger partial charge in [0.2, 0.25) is 5.91 Å². The summed E-state index contributed by atoms with van der Waals surface area (Å²) in [4.78, 5) is 23.5. The van der Waals surface area contributed by atoms with E-state index >= 15 is 0 Å². The largest absolute Gasteiger partial charge is 0.368 e. The molecule has 1 aliphatic heterocycles. The van der Waals surface area contributed by atoms with Crippen molar-refractivity contribution in [2.24, 2.45) is 5.73 Å². The number of nitrogens with one attached hydrogen (secondary N) is 1. The van der Waals surface area contributed by atoms with Crippen molar-refractivity contribution in [3.63, 3.8) is 0 Å². The van der Waals surface area contributed by atoms with Gasteiger partial charge in [-0.1, -0.05) is 24.3 Å². The number of carbonyl (C=O) groups is 2. The molecule has 0 saturated heterocycles. The van der Waals surface area contributed by atoms with Crippen LogP contribution in [0.15, 0.2) is 24.3 Å². The van der Waals surface area contributed by atoms with Crippen molar-refractivity contribution in [2.45, 2.75) is 25.0 Å². The predicted octanol–water partition coefficient (Wildman–Crippen LogP) is 0.294. The average molecular weight is 272 g/mol. The highest BCUT2D eigenvalue weighted by atomic mass is 16.5. The summed E-state index contributed by atoms with van der Waals surface area (Å²) < 4.78 is 5.51. The Balaban J connectivity index is 2.14. The summed E-state index contributed by atoms with van der Waals surface area (Å²) in [6, 6.07) is 6.71. The lowest BCUT2D eigenvalue weighted by molar-refractivity contribution is -0.137. The molecule has 0 unspecified atom stereocenters. The highest BCUT2D eigenvalue weighted by Crippen LogP contribution is 2.27. The number of terminal acetylenes is 1. The summed E-state index contributed by atoms with van der Waals surface area (Å²) >= 11 is 0. The van der Waals surface area contributed by atoms with Crippen molar-refractivity contribution < 1.29 is 14.3 Å². The quantitative estimate of drug-likeness (QED) is 0.773. The molecule has 1 aromatic rings. The maximum Gasteiger partial charge on any atom is 0.254 e. The Morgan fingerprint density at radius 3 is 2.95 bits per heavy atom. The number of hydrogen-bond acceptors (Lipinski definition) is 3. The summed E-state index contributed by atoms with van der Waals surface area (Å²) in [6.07, 6.45) is 5.27. The highest BCUT2D eigenvalue weighted by Gasteiger charge is 2.29. The van der Waals surface area contributed by atoms with Crippen LogP contribution in [-0.2, 0) is 20.7 Å². The monoisotopic (exact) mass is 272 g/mol. The highest BCUT2D eigenvalue weighted by molar-refractivity contribution is 5.89. The van der Waals surface area contributed by atoms with Gasteiger partial charge in [-0.25, -0.2) is 0 Å². The lowest BCUT2D eigenvalue weighted by atomic mass is 9.97. The van der Waals surface area contributed by atoms with Gasteiger partial charge < -0.3 is 15.8 Å². The first-order chi connectivity index (χ1) is 9.63. The zero-order chi connectivity index (χ0) is 14.5. The van der Waals surface area contributed by atoms with E-state index in [9.17, 15) is 9.59 Å². The number of ether oxygens (including phenoxy) is 1. The van der Waals surface area contributed by atoms with Crippen LogP contribution < -0.4 is 11.1 Å². The molecule has 0 aliphatic carbocycles. The van der Waals surface area contributed by atoms with Crippen LogP contribution in [0, 0.1) is 12.3 Å². The molecular formula is C15H16N2O3. The van der Waals surface area contributed by atoms with Crippen molar-refractivity contribution in [1.82, 2.24) is 5.32 Å². The van der Waals surface area contributed by atoms with E-state index < -0.39 is 24.0 Å². The van der Waals surface area contributed by atoms with Crippen LogP contribution in [-0.4, -0.2) is 24.5 Å². The third-order valence-electron chi connectivity index (χ3n) is 3.21. The van der Waals surface area contributed by atoms with Crippen molar-refractivity contribution in [3.05, 3.63) is 35.4 Å². The molecule has 0 bridgehead atoms. The molecule has 2 amide bonds. The molecule has 104 valence electrons. The Labute approximate surface area is 117 Å². The van der Waals surface area contributed by atoms with E-state index in [2.05, 4.69) is 11.2 Å². The molecule has 1 heterocycles. The lowest BCUT2D eigenvalue weighted by Gasteiger charge is -2.26. The van der Waals surface area contributed by atoms with E-state index in [4.69, 9.17) is 16.9 Å². The van der Waals surface area contributed by atoms with Crippen molar-refractivity contribution >= 4 is 11.8 Å². The fraction of sp³-hybridized carbons (Fsp3) is 0.333. The van der Waals surface area contributed by atoms with Gasteiger partial charge in [0.15, 0.2) is 6.10 Å².